The number of ether oxygens (including phenoxy) is 2. The van der Waals surface area contributed by atoms with Crippen LogP contribution in [0.1, 0.15) is 22.8 Å². The predicted molar refractivity (Wildman–Crippen MR) is 67.3 cm³/mol. The van der Waals surface area contributed by atoms with Gasteiger partial charge in [0.25, 0.3) is 0 Å². The fraction of sp³-hybridized carbons (Fsp3) is 0.417. The molecule has 1 aliphatic rings. The first-order valence-electron chi connectivity index (χ1n) is 5.55. The molecule has 2 rings (SSSR count). The molecule has 0 spiro atoms. The van der Waals surface area contributed by atoms with Gasteiger partial charge in [-0.05, 0) is 35.0 Å². The lowest BCUT2D eigenvalue weighted by molar-refractivity contribution is 0.0526. The number of carbonyl (C=O) groups excluding carboxylic acids is 1. The van der Waals surface area contributed by atoms with Crippen LogP contribution in [0.5, 0.6) is 5.75 Å². The molecule has 0 fully saturated rings. The molecule has 0 saturated carbocycles. The van der Waals surface area contributed by atoms with E-state index < -0.39 is 0 Å². The maximum Gasteiger partial charge on any atom is 0.338 e. The summed E-state index contributed by atoms with van der Waals surface area (Å²) in [7, 11) is 0. The molecule has 1 aromatic carbocycles. The van der Waals surface area contributed by atoms with Crippen LogP contribution in [0, 0.1) is 0 Å². The Bertz CT molecular complexity index is 434. The third kappa shape index (κ3) is 2.79. The van der Waals surface area contributed by atoms with Crippen molar-refractivity contribution in [2.24, 2.45) is 0 Å². The summed E-state index contributed by atoms with van der Waals surface area (Å²) in [5.41, 5.74) is 1.52. The van der Waals surface area contributed by atoms with Crippen LogP contribution in [0.25, 0.3) is 0 Å². The highest BCUT2D eigenvalue weighted by Crippen LogP contribution is 2.32. The van der Waals surface area contributed by atoms with Crippen molar-refractivity contribution in [1.29, 1.82) is 0 Å². The van der Waals surface area contributed by atoms with Crippen molar-refractivity contribution in [3.8, 4) is 5.75 Å². The number of halogens is 1. The maximum atomic E-state index is 11.7. The largest absolute Gasteiger partial charge is 0.491 e. The maximum absolute atomic E-state index is 11.7. The molecule has 0 saturated heterocycles. The van der Waals surface area contributed by atoms with E-state index in [1.807, 2.05) is 6.07 Å². The molecular weight excluding hydrogens is 286 g/mol. The zero-order chi connectivity index (χ0) is 12.3. The van der Waals surface area contributed by atoms with E-state index in [0.29, 0.717) is 25.3 Å². The fourth-order valence-electron chi connectivity index (χ4n) is 1.72. The summed E-state index contributed by atoms with van der Waals surface area (Å²) < 4.78 is 11.4. The number of nitrogens with one attached hydrogen (secondary N) is 1. The first kappa shape index (κ1) is 12.4. The summed E-state index contributed by atoms with van der Waals surface area (Å²) in [4.78, 5) is 11.7. The molecule has 0 aromatic heterocycles. The summed E-state index contributed by atoms with van der Waals surface area (Å²) in [5, 5.41) is 3.23. The van der Waals surface area contributed by atoms with Gasteiger partial charge in [-0.1, -0.05) is 0 Å². The second-order valence-electron chi connectivity index (χ2n) is 3.69. The highest BCUT2D eigenvalue weighted by molar-refractivity contribution is 9.10. The Hall–Kier alpha value is -1.07. The Labute approximate surface area is 108 Å². The third-order valence-electron chi connectivity index (χ3n) is 2.47. The lowest BCUT2D eigenvalue weighted by atomic mass is 10.1. The highest BCUT2D eigenvalue weighted by Gasteiger charge is 2.17. The topological polar surface area (TPSA) is 47.6 Å². The van der Waals surface area contributed by atoms with Gasteiger partial charge in [-0.25, -0.2) is 4.79 Å². The van der Waals surface area contributed by atoms with Crippen molar-refractivity contribution < 1.29 is 14.3 Å². The van der Waals surface area contributed by atoms with Crippen LogP contribution in [0.4, 0.5) is 0 Å². The molecular formula is C12H14BrNO3. The van der Waals surface area contributed by atoms with Gasteiger partial charge >= 0.3 is 5.97 Å². The monoisotopic (exact) mass is 299 g/mol. The number of benzene rings is 1. The molecule has 4 nitrogen and oxygen atoms in total. The van der Waals surface area contributed by atoms with Crippen LogP contribution in [-0.4, -0.2) is 25.7 Å². The zero-order valence-corrected chi connectivity index (χ0v) is 11.2. The van der Waals surface area contributed by atoms with Gasteiger partial charge in [0.05, 0.1) is 16.6 Å². The smallest absolute Gasteiger partial charge is 0.338 e. The van der Waals surface area contributed by atoms with Crippen LogP contribution in [0.15, 0.2) is 16.6 Å². The van der Waals surface area contributed by atoms with E-state index in [9.17, 15) is 4.79 Å². The molecule has 0 radical (unpaired) electrons. The van der Waals surface area contributed by atoms with Gasteiger partial charge in [-0.15, -0.1) is 0 Å². The van der Waals surface area contributed by atoms with Gasteiger partial charge in [0, 0.05) is 18.7 Å². The van der Waals surface area contributed by atoms with Crippen LogP contribution in [-0.2, 0) is 11.3 Å². The van der Waals surface area contributed by atoms with Crippen molar-refractivity contribution >= 4 is 21.9 Å². The average Bonchev–Trinajstić information content (AvgIpc) is 2.54. The van der Waals surface area contributed by atoms with Gasteiger partial charge in [0.1, 0.15) is 12.4 Å². The first-order valence-corrected chi connectivity index (χ1v) is 6.34. The van der Waals surface area contributed by atoms with Gasteiger partial charge in [0.2, 0.25) is 0 Å². The van der Waals surface area contributed by atoms with Gasteiger partial charge in [-0.3, -0.25) is 0 Å². The molecule has 1 heterocycles. The summed E-state index contributed by atoms with van der Waals surface area (Å²) in [6.07, 6.45) is 0. The normalized spacial score (nSPS) is 14.5. The Morgan fingerprint density at radius 3 is 3.18 bits per heavy atom. The molecule has 0 aliphatic carbocycles. The number of hydrogen-bond acceptors (Lipinski definition) is 4. The number of carbonyl (C=O) groups is 1. The average molecular weight is 300 g/mol. The fourth-order valence-corrected chi connectivity index (χ4v) is 2.34. The van der Waals surface area contributed by atoms with Crippen molar-refractivity contribution in [3.05, 3.63) is 27.7 Å². The second-order valence-corrected chi connectivity index (χ2v) is 4.55. The first-order chi connectivity index (χ1) is 8.22. The molecule has 1 aliphatic heterocycles. The van der Waals surface area contributed by atoms with E-state index >= 15 is 0 Å². The SMILES string of the molecule is CCOC(=O)c1cc(Br)c2c(c1)CNCCO2. The Balaban J connectivity index is 2.35. The van der Waals surface area contributed by atoms with E-state index in [0.717, 1.165) is 22.3 Å². The molecule has 0 unspecified atom stereocenters. The molecule has 0 amide bonds. The van der Waals surface area contributed by atoms with Gasteiger partial charge in [0.15, 0.2) is 0 Å². The Morgan fingerprint density at radius 2 is 2.41 bits per heavy atom. The van der Waals surface area contributed by atoms with Crippen LogP contribution in [0.3, 0.4) is 0 Å². The lowest BCUT2D eigenvalue weighted by Crippen LogP contribution is -2.16. The van der Waals surface area contributed by atoms with Crippen molar-refractivity contribution in [1.82, 2.24) is 5.32 Å². The summed E-state index contributed by atoms with van der Waals surface area (Å²) in [5.74, 6) is 0.503. The molecule has 1 aromatic rings. The minimum absolute atomic E-state index is 0.305. The number of fused-ring (bicyclic) bond motifs is 1. The van der Waals surface area contributed by atoms with E-state index in [2.05, 4.69) is 21.2 Å². The van der Waals surface area contributed by atoms with E-state index in [1.54, 1.807) is 13.0 Å². The van der Waals surface area contributed by atoms with Crippen molar-refractivity contribution in [2.45, 2.75) is 13.5 Å². The summed E-state index contributed by atoms with van der Waals surface area (Å²) >= 11 is 3.43. The van der Waals surface area contributed by atoms with E-state index in [1.165, 1.54) is 0 Å². The summed E-state index contributed by atoms with van der Waals surface area (Å²) in [6.45, 7) is 4.30. The van der Waals surface area contributed by atoms with Crippen molar-refractivity contribution in [2.75, 3.05) is 19.8 Å². The lowest BCUT2D eigenvalue weighted by Gasteiger charge is -2.11. The second kappa shape index (κ2) is 5.51. The zero-order valence-electron chi connectivity index (χ0n) is 9.59. The number of hydrogen-bond donors (Lipinski definition) is 1. The van der Waals surface area contributed by atoms with Gasteiger partial charge < -0.3 is 14.8 Å². The molecule has 0 atom stereocenters. The standard InChI is InChI=1S/C12H14BrNO3/c1-2-16-12(15)8-5-9-7-14-3-4-17-11(9)10(13)6-8/h5-6,14H,2-4,7H2,1H3. The van der Waals surface area contributed by atoms with Crippen LogP contribution >= 0.6 is 15.9 Å². The molecule has 0 bridgehead atoms. The minimum Gasteiger partial charge on any atom is -0.491 e. The number of esters is 1. The Kier molecular flexibility index (Phi) is 4.02. The van der Waals surface area contributed by atoms with Gasteiger partial charge in [-0.2, -0.15) is 0 Å². The minimum atomic E-state index is -0.305. The molecule has 5 heteroatoms. The van der Waals surface area contributed by atoms with E-state index in [-0.39, 0.29) is 5.97 Å². The molecule has 1 N–H and O–H groups in total. The summed E-state index contributed by atoms with van der Waals surface area (Å²) in [6, 6.07) is 3.55. The van der Waals surface area contributed by atoms with Crippen LogP contribution < -0.4 is 10.1 Å². The molecule has 17 heavy (non-hydrogen) atoms. The molecule has 92 valence electrons. The highest BCUT2D eigenvalue weighted by atomic mass is 79.9. The predicted octanol–water partition coefficient (Wildman–Crippen LogP) is 2.11. The number of rotatable bonds is 2. The quantitative estimate of drug-likeness (QED) is 0.850. The Morgan fingerprint density at radius 1 is 1.59 bits per heavy atom. The van der Waals surface area contributed by atoms with Crippen LogP contribution in [0.2, 0.25) is 0 Å². The van der Waals surface area contributed by atoms with Crippen molar-refractivity contribution in [3.63, 3.8) is 0 Å². The third-order valence-corrected chi connectivity index (χ3v) is 3.06. The van der Waals surface area contributed by atoms with E-state index in [4.69, 9.17) is 9.47 Å².